The third kappa shape index (κ3) is 7.06. The quantitative estimate of drug-likeness (QED) is 0.160. The molecular weight excluding hydrogens is 549 g/mol. The highest BCUT2D eigenvalue weighted by molar-refractivity contribution is 8.00. The van der Waals surface area contributed by atoms with Crippen molar-refractivity contribution in [1.29, 1.82) is 0 Å². The lowest BCUT2D eigenvalue weighted by Crippen LogP contribution is -2.70. The zero-order chi connectivity index (χ0) is 26.9. The van der Waals surface area contributed by atoms with Gasteiger partial charge in [-0.05, 0) is 29.8 Å². The van der Waals surface area contributed by atoms with Crippen LogP contribution in [0.15, 0.2) is 66.1 Å². The van der Waals surface area contributed by atoms with Crippen LogP contribution in [0.5, 0.6) is 5.75 Å². The van der Waals surface area contributed by atoms with Gasteiger partial charge in [-0.25, -0.2) is 4.79 Å². The van der Waals surface area contributed by atoms with Crippen molar-refractivity contribution in [2.75, 3.05) is 17.7 Å². The van der Waals surface area contributed by atoms with Crippen LogP contribution in [-0.4, -0.2) is 61.8 Å². The summed E-state index contributed by atoms with van der Waals surface area (Å²) in [6, 6.07) is 13.3. The van der Waals surface area contributed by atoms with E-state index in [9.17, 15) is 29.6 Å². The van der Waals surface area contributed by atoms with Crippen LogP contribution in [0.4, 0.5) is 5.69 Å². The highest BCUT2D eigenvalue weighted by Gasteiger charge is 2.54. The summed E-state index contributed by atoms with van der Waals surface area (Å²) in [6.45, 7) is -0.485. The third-order valence-corrected chi connectivity index (χ3v) is 6.35. The molecule has 2 atom stereocenters. The largest absolute Gasteiger partial charge is 0.509 e. The number of thioether (sulfide) groups is 1. The summed E-state index contributed by atoms with van der Waals surface area (Å²) >= 11 is 10.7. The number of alkyl halides is 2. The molecule has 0 aromatic heterocycles. The predicted molar refractivity (Wildman–Crippen MR) is 136 cm³/mol. The van der Waals surface area contributed by atoms with Crippen molar-refractivity contribution in [1.82, 2.24) is 10.2 Å². The van der Waals surface area contributed by atoms with Gasteiger partial charge in [-0.1, -0.05) is 18.2 Å². The molecule has 2 N–H and O–H groups in total. The van der Waals surface area contributed by atoms with Crippen LogP contribution in [0.3, 0.4) is 0 Å². The number of aliphatic hydroxyl groups is 1. The summed E-state index contributed by atoms with van der Waals surface area (Å²) in [4.78, 5) is 48.8. The van der Waals surface area contributed by atoms with Crippen LogP contribution < -0.4 is 10.1 Å². The van der Waals surface area contributed by atoms with Crippen molar-refractivity contribution in [2.45, 2.75) is 18.0 Å². The van der Waals surface area contributed by atoms with E-state index >= 15 is 0 Å². The van der Waals surface area contributed by atoms with Crippen molar-refractivity contribution >= 4 is 58.4 Å². The number of carbonyl (C=O) groups is 3. The van der Waals surface area contributed by atoms with E-state index in [4.69, 9.17) is 32.7 Å². The van der Waals surface area contributed by atoms with Gasteiger partial charge in [-0.3, -0.25) is 24.6 Å². The van der Waals surface area contributed by atoms with E-state index in [1.54, 1.807) is 24.3 Å². The van der Waals surface area contributed by atoms with Crippen molar-refractivity contribution < 1.29 is 33.9 Å². The normalized spacial score (nSPS) is 18.0. The van der Waals surface area contributed by atoms with Crippen LogP contribution in [0.2, 0.25) is 0 Å². The Morgan fingerprint density at radius 1 is 1.16 bits per heavy atom. The van der Waals surface area contributed by atoms with E-state index in [1.165, 1.54) is 36.0 Å². The maximum atomic E-state index is 12.7. The lowest BCUT2D eigenvalue weighted by Gasteiger charge is -2.48. The lowest BCUT2D eigenvalue weighted by molar-refractivity contribution is -0.384. The van der Waals surface area contributed by atoms with Gasteiger partial charge in [0.25, 0.3) is 17.5 Å². The SMILES string of the molecule is ClCCl.O=C(COc1ccccc1)NC1C(=O)N2C(C(=O)OCc3ccc([N+](=O)[O-])cc3)=C(O)CS[C@@H]12. The summed E-state index contributed by atoms with van der Waals surface area (Å²) < 4.78 is 10.6. The first-order valence-corrected chi connectivity index (χ1v) is 12.7. The van der Waals surface area contributed by atoms with Gasteiger partial charge >= 0.3 is 5.97 Å². The molecule has 1 fully saturated rings. The molecule has 0 saturated carbocycles. The average molecular weight is 570 g/mol. The molecule has 0 bridgehead atoms. The average Bonchev–Trinajstić information content (AvgIpc) is 2.90. The Hall–Kier alpha value is -3.48. The van der Waals surface area contributed by atoms with Gasteiger partial charge in [-0.15, -0.1) is 35.0 Å². The molecule has 1 unspecified atom stereocenters. The number of benzene rings is 2. The highest BCUT2D eigenvalue weighted by Crippen LogP contribution is 2.40. The fourth-order valence-electron chi connectivity index (χ4n) is 3.41. The molecule has 2 aliphatic heterocycles. The van der Waals surface area contributed by atoms with Gasteiger partial charge in [0.05, 0.1) is 16.0 Å². The summed E-state index contributed by atoms with van der Waals surface area (Å²) in [7, 11) is 0. The molecule has 2 aromatic carbocycles. The monoisotopic (exact) mass is 569 g/mol. The smallest absolute Gasteiger partial charge is 0.358 e. The van der Waals surface area contributed by atoms with Crippen LogP contribution in [0, 0.1) is 10.1 Å². The van der Waals surface area contributed by atoms with E-state index in [1.807, 2.05) is 6.07 Å². The molecule has 2 heterocycles. The predicted octanol–water partition coefficient (Wildman–Crippen LogP) is 3.31. The number of β-lactam (4-membered cyclic amide) rings is 1. The fourth-order valence-corrected chi connectivity index (χ4v) is 4.61. The van der Waals surface area contributed by atoms with Crippen molar-refractivity contribution in [3.8, 4) is 5.75 Å². The second-order valence-corrected chi connectivity index (χ2v) is 9.37. The molecule has 1 saturated heterocycles. The Balaban J connectivity index is 0.00000121. The summed E-state index contributed by atoms with van der Waals surface area (Å²) in [5.74, 6) is -1.70. The maximum Gasteiger partial charge on any atom is 0.358 e. The van der Waals surface area contributed by atoms with Gasteiger partial charge in [0.2, 0.25) is 0 Å². The van der Waals surface area contributed by atoms with Crippen LogP contribution >= 0.6 is 35.0 Å². The van der Waals surface area contributed by atoms with E-state index in [0.717, 1.165) is 4.90 Å². The maximum absolute atomic E-state index is 12.7. The van der Waals surface area contributed by atoms with Gasteiger partial charge in [0.15, 0.2) is 12.3 Å². The number of ether oxygens (including phenoxy) is 2. The number of non-ortho nitro benzene ring substituents is 1. The molecule has 196 valence electrons. The van der Waals surface area contributed by atoms with E-state index in [2.05, 4.69) is 5.32 Å². The Kier molecular flexibility index (Phi) is 10.0. The molecule has 0 spiro atoms. The number of halogens is 2. The van der Waals surface area contributed by atoms with Crippen LogP contribution in [-0.2, 0) is 25.7 Å². The number of aliphatic hydroxyl groups excluding tert-OH is 1. The highest BCUT2D eigenvalue weighted by atomic mass is 35.5. The summed E-state index contributed by atoms with van der Waals surface area (Å²) in [5.41, 5.74) is 0.122. The minimum absolute atomic E-state index is 0.0588. The Bertz CT molecular complexity index is 1180. The molecule has 11 nitrogen and oxygen atoms in total. The third-order valence-electron chi connectivity index (χ3n) is 5.09. The number of amides is 2. The van der Waals surface area contributed by atoms with Gasteiger partial charge in [0, 0.05) is 12.1 Å². The molecule has 2 aromatic rings. The number of carbonyl (C=O) groups excluding carboxylic acids is 3. The fraction of sp³-hybridized carbons (Fsp3) is 0.261. The first kappa shape index (κ1) is 28.1. The minimum Gasteiger partial charge on any atom is -0.509 e. The van der Waals surface area contributed by atoms with Crippen molar-refractivity contribution in [3.63, 3.8) is 0 Å². The molecule has 0 radical (unpaired) electrons. The minimum atomic E-state index is -0.910. The Morgan fingerprint density at radius 3 is 2.43 bits per heavy atom. The zero-order valence-electron chi connectivity index (χ0n) is 19.0. The number of esters is 1. The Labute approximate surface area is 225 Å². The van der Waals surface area contributed by atoms with E-state index in [-0.39, 0.29) is 41.4 Å². The second kappa shape index (κ2) is 13.2. The number of nitro groups is 1. The Morgan fingerprint density at radius 2 is 1.81 bits per heavy atom. The van der Waals surface area contributed by atoms with Gasteiger partial charge in [-0.2, -0.15) is 0 Å². The van der Waals surface area contributed by atoms with Crippen LogP contribution in [0.25, 0.3) is 0 Å². The van der Waals surface area contributed by atoms with Crippen LogP contribution in [0.1, 0.15) is 5.56 Å². The summed E-state index contributed by atoms with van der Waals surface area (Å²) in [6.07, 6.45) is 0. The first-order chi connectivity index (χ1) is 17.8. The molecule has 2 amide bonds. The number of hydrogen-bond acceptors (Lipinski definition) is 9. The molecule has 37 heavy (non-hydrogen) atoms. The first-order valence-electron chi connectivity index (χ1n) is 10.6. The molecule has 4 rings (SSSR count). The number of fused-ring (bicyclic) bond motifs is 1. The second-order valence-electron chi connectivity index (χ2n) is 7.45. The summed E-state index contributed by atoms with van der Waals surface area (Å²) in [5, 5.41) is 23.2. The van der Waals surface area contributed by atoms with Crippen molar-refractivity contribution in [3.05, 3.63) is 81.7 Å². The topological polar surface area (TPSA) is 148 Å². The van der Waals surface area contributed by atoms with E-state index in [0.29, 0.717) is 11.3 Å². The van der Waals surface area contributed by atoms with E-state index < -0.39 is 34.1 Å². The number of rotatable bonds is 8. The molecule has 14 heteroatoms. The molecule has 2 aliphatic rings. The number of nitrogens with one attached hydrogen (secondary N) is 1. The lowest BCUT2D eigenvalue weighted by atomic mass is 10.0. The number of para-hydroxylation sites is 1. The van der Waals surface area contributed by atoms with Gasteiger partial charge < -0.3 is 19.9 Å². The number of hydrogen-bond donors (Lipinski definition) is 2. The zero-order valence-corrected chi connectivity index (χ0v) is 21.4. The van der Waals surface area contributed by atoms with Gasteiger partial charge in [0.1, 0.15) is 29.5 Å². The number of nitrogens with zero attached hydrogens (tertiary/aromatic N) is 2. The standard InChI is InChI=1S/C22H19N3O8S.CH2Cl2/c26-16-12-34-21-18(23-17(27)11-32-15-4-2-1-3-5-15)20(28)24(21)19(16)22(29)33-10-13-6-8-14(9-7-13)25(30)31;2-1-3/h1-9,18,21,26H,10-12H2,(H,23,27);1H2/t18?,21-;/m0./s1. The molecule has 0 aliphatic carbocycles. The number of nitro benzene ring substituents is 1. The molecular formula is C23H21Cl2N3O8S. The van der Waals surface area contributed by atoms with Crippen molar-refractivity contribution in [2.24, 2.45) is 0 Å².